The first kappa shape index (κ1) is 16.0. The molecule has 4 heteroatoms. The van der Waals surface area contributed by atoms with Crippen LogP contribution in [0.15, 0.2) is 34.9 Å². The number of nitrogens with zero attached hydrogens (tertiary/aromatic N) is 2. The number of benzene rings is 1. The molecule has 0 atom stereocenters. The molecule has 2 aromatic rings. The summed E-state index contributed by atoms with van der Waals surface area (Å²) in [5, 5.41) is 3.35. The van der Waals surface area contributed by atoms with Crippen molar-refractivity contribution in [2.24, 2.45) is 0 Å². The van der Waals surface area contributed by atoms with Crippen molar-refractivity contribution in [1.29, 1.82) is 0 Å². The van der Waals surface area contributed by atoms with Gasteiger partial charge in [0.05, 0.1) is 0 Å². The third-order valence-corrected chi connectivity index (χ3v) is 3.54. The van der Waals surface area contributed by atoms with Gasteiger partial charge in [-0.1, -0.05) is 46.2 Å². The molecule has 0 aliphatic heterocycles. The zero-order chi connectivity index (χ0) is 15.5. The van der Waals surface area contributed by atoms with Crippen LogP contribution in [0, 0.1) is 0 Å². The third kappa shape index (κ3) is 4.53. The lowest BCUT2D eigenvalue weighted by Crippen LogP contribution is -2.16. The number of rotatable bonds is 4. The maximum Gasteiger partial charge on any atom is 0.137 e. The largest absolute Gasteiger partial charge is 0.340 e. The normalized spacial score (nSPS) is 11.5. The predicted molar refractivity (Wildman–Crippen MR) is 92.2 cm³/mol. The first-order valence-corrected chi connectivity index (χ1v) is 8.09. The van der Waals surface area contributed by atoms with Crippen molar-refractivity contribution in [2.75, 3.05) is 5.32 Å². The molecule has 1 N–H and O–H groups in total. The molecule has 1 aromatic carbocycles. The molecule has 0 spiro atoms. The van der Waals surface area contributed by atoms with Crippen molar-refractivity contribution in [2.45, 2.75) is 46.0 Å². The number of halogens is 1. The lowest BCUT2D eigenvalue weighted by atomic mass is 9.96. The minimum absolute atomic E-state index is 0.0782. The monoisotopic (exact) mass is 347 g/mol. The van der Waals surface area contributed by atoms with Crippen molar-refractivity contribution in [1.82, 2.24) is 9.97 Å². The van der Waals surface area contributed by atoms with E-state index in [9.17, 15) is 0 Å². The first-order valence-electron chi connectivity index (χ1n) is 7.29. The second kappa shape index (κ2) is 6.56. The lowest BCUT2D eigenvalue weighted by Gasteiger charge is -2.18. The first-order chi connectivity index (χ1) is 9.88. The third-order valence-electron chi connectivity index (χ3n) is 3.13. The molecule has 0 unspecified atom stereocenters. The molecule has 0 aliphatic carbocycles. The number of aryl methyl sites for hydroxylation is 1. The van der Waals surface area contributed by atoms with Crippen LogP contribution < -0.4 is 5.32 Å². The highest BCUT2D eigenvalue weighted by atomic mass is 79.9. The smallest absolute Gasteiger partial charge is 0.137 e. The number of anilines is 2. The van der Waals surface area contributed by atoms with Gasteiger partial charge in [0, 0.05) is 17.2 Å². The molecule has 21 heavy (non-hydrogen) atoms. The van der Waals surface area contributed by atoms with E-state index in [0.717, 1.165) is 28.4 Å². The van der Waals surface area contributed by atoms with Crippen molar-refractivity contribution in [3.05, 3.63) is 46.3 Å². The quantitative estimate of drug-likeness (QED) is 0.769. The summed E-state index contributed by atoms with van der Waals surface area (Å²) in [6.07, 6.45) is 2.29. The summed E-state index contributed by atoms with van der Waals surface area (Å²) >= 11 is 3.46. The fourth-order valence-corrected chi connectivity index (χ4v) is 2.39. The highest BCUT2D eigenvalue weighted by molar-refractivity contribution is 9.10. The van der Waals surface area contributed by atoms with E-state index in [-0.39, 0.29) is 5.41 Å². The Kier molecular flexibility index (Phi) is 4.99. The van der Waals surface area contributed by atoms with E-state index in [4.69, 9.17) is 0 Å². The van der Waals surface area contributed by atoms with E-state index >= 15 is 0 Å². The zero-order valence-electron chi connectivity index (χ0n) is 13.1. The standard InChI is InChI=1S/C17H22BrN3/c1-5-6-12-7-9-13(10-8-12)19-15-11-14(18)20-16(21-15)17(2,3)4/h7-11H,5-6H2,1-4H3,(H,19,20,21). The summed E-state index contributed by atoms with van der Waals surface area (Å²) in [5.74, 6) is 1.63. The Morgan fingerprint density at radius 2 is 1.76 bits per heavy atom. The molecule has 0 aliphatic rings. The van der Waals surface area contributed by atoms with Gasteiger partial charge in [0.15, 0.2) is 0 Å². The Balaban J connectivity index is 2.21. The molecule has 1 heterocycles. The fourth-order valence-electron chi connectivity index (χ4n) is 2.01. The van der Waals surface area contributed by atoms with Gasteiger partial charge in [-0.15, -0.1) is 0 Å². The second-order valence-electron chi connectivity index (χ2n) is 6.22. The van der Waals surface area contributed by atoms with Crippen molar-refractivity contribution in [3.63, 3.8) is 0 Å². The number of aromatic nitrogens is 2. The summed E-state index contributed by atoms with van der Waals surface area (Å²) in [4.78, 5) is 9.06. The highest BCUT2D eigenvalue weighted by Crippen LogP contribution is 2.24. The number of nitrogens with one attached hydrogen (secondary N) is 1. The predicted octanol–water partition coefficient (Wildman–Crippen LogP) is 5.23. The maximum atomic E-state index is 4.61. The van der Waals surface area contributed by atoms with Crippen LogP contribution >= 0.6 is 15.9 Å². The van der Waals surface area contributed by atoms with Gasteiger partial charge in [-0.3, -0.25) is 0 Å². The van der Waals surface area contributed by atoms with Crippen molar-refractivity contribution >= 4 is 27.4 Å². The number of hydrogen-bond donors (Lipinski definition) is 1. The van der Waals surface area contributed by atoms with Crippen LogP contribution in [0.4, 0.5) is 11.5 Å². The van der Waals surface area contributed by atoms with Crippen LogP contribution in [0.2, 0.25) is 0 Å². The molecule has 0 saturated carbocycles. The lowest BCUT2D eigenvalue weighted by molar-refractivity contribution is 0.544. The van der Waals surface area contributed by atoms with Crippen LogP contribution in [-0.2, 0) is 11.8 Å². The summed E-state index contributed by atoms with van der Waals surface area (Å²) in [5.41, 5.74) is 2.33. The average molecular weight is 348 g/mol. The summed E-state index contributed by atoms with van der Waals surface area (Å²) in [6, 6.07) is 10.4. The molecule has 0 radical (unpaired) electrons. The van der Waals surface area contributed by atoms with E-state index in [1.165, 1.54) is 12.0 Å². The Bertz CT molecular complexity index is 600. The number of hydrogen-bond acceptors (Lipinski definition) is 3. The van der Waals surface area contributed by atoms with E-state index in [2.05, 4.69) is 83.2 Å². The van der Waals surface area contributed by atoms with Crippen LogP contribution in [0.25, 0.3) is 0 Å². The highest BCUT2D eigenvalue weighted by Gasteiger charge is 2.18. The van der Waals surface area contributed by atoms with Gasteiger partial charge < -0.3 is 5.32 Å². The molecular weight excluding hydrogens is 326 g/mol. The molecule has 112 valence electrons. The van der Waals surface area contributed by atoms with Crippen LogP contribution in [0.3, 0.4) is 0 Å². The van der Waals surface area contributed by atoms with Gasteiger partial charge in [-0.05, 0) is 40.0 Å². The van der Waals surface area contributed by atoms with Gasteiger partial charge in [0.2, 0.25) is 0 Å². The maximum absolute atomic E-state index is 4.61. The molecule has 0 fully saturated rings. The van der Waals surface area contributed by atoms with Gasteiger partial charge in [0.1, 0.15) is 16.2 Å². The Morgan fingerprint density at radius 3 is 2.33 bits per heavy atom. The summed E-state index contributed by atoms with van der Waals surface area (Å²) in [6.45, 7) is 8.52. The summed E-state index contributed by atoms with van der Waals surface area (Å²) < 4.78 is 0.799. The molecule has 0 saturated heterocycles. The van der Waals surface area contributed by atoms with Crippen molar-refractivity contribution < 1.29 is 0 Å². The molecule has 3 nitrogen and oxygen atoms in total. The van der Waals surface area contributed by atoms with Gasteiger partial charge in [-0.2, -0.15) is 0 Å². The Morgan fingerprint density at radius 1 is 1.10 bits per heavy atom. The van der Waals surface area contributed by atoms with E-state index in [0.29, 0.717) is 0 Å². The Labute approximate surface area is 135 Å². The summed E-state index contributed by atoms with van der Waals surface area (Å²) in [7, 11) is 0. The zero-order valence-corrected chi connectivity index (χ0v) is 14.7. The topological polar surface area (TPSA) is 37.8 Å². The molecule has 0 bridgehead atoms. The van der Waals surface area contributed by atoms with Gasteiger partial charge in [0.25, 0.3) is 0 Å². The Hall–Kier alpha value is -1.42. The van der Waals surface area contributed by atoms with E-state index < -0.39 is 0 Å². The minimum atomic E-state index is -0.0782. The molecule has 0 amide bonds. The van der Waals surface area contributed by atoms with Crippen LogP contribution in [-0.4, -0.2) is 9.97 Å². The van der Waals surface area contributed by atoms with E-state index in [1.54, 1.807) is 0 Å². The molecule has 1 aromatic heterocycles. The van der Waals surface area contributed by atoms with Crippen LogP contribution in [0.1, 0.15) is 45.5 Å². The van der Waals surface area contributed by atoms with Crippen LogP contribution in [0.5, 0.6) is 0 Å². The molecular formula is C17H22BrN3. The second-order valence-corrected chi connectivity index (χ2v) is 7.03. The van der Waals surface area contributed by atoms with E-state index in [1.807, 2.05) is 6.07 Å². The minimum Gasteiger partial charge on any atom is -0.340 e. The van der Waals surface area contributed by atoms with Crippen molar-refractivity contribution in [3.8, 4) is 0 Å². The molecule has 2 rings (SSSR count). The average Bonchev–Trinajstić information content (AvgIpc) is 2.40. The van der Waals surface area contributed by atoms with Gasteiger partial charge in [-0.25, -0.2) is 9.97 Å². The fraction of sp³-hybridized carbons (Fsp3) is 0.412. The SMILES string of the molecule is CCCc1ccc(Nc2cc(Br)nc(C(C)(C)C)n2)cc1. The van der Waals surface area contributed by atoms with Gasteiger partial charge >= 0.3 is 0 Å².